The van der Waals surface area contributed by atoms with Crippen LogP contribution in [0.15, 0.2) is 30.3 Å². The molecule has 2 N–H and O–H groups in total. The molecule has 0 radical (unpaired) electrons. The molecule has 2 rings (SSSR count). The Morgan fingerprint density at radius 3 is 2.70 bits per heavy atom. The van der Waals surface area contributed by atoms with Crippen LogP contribution in [0.25, 0.3) is 0 Å². The second-order valence-corrected chi connectivity index (χ2v) is 6.60. The Balaban J connectivity index is 1.96. The van der Waals surface area contributed by atoms with Gasteiger partial charge in [-0.15, -0.1) is 0 Å². The number of carbonyl (C=O) groups is 1. The fourth-order valence-corrected chi connectivity index (χ4v) is 2.31. The van der Waals surface area contributed by atoms with E-state index < -0.39 is 5.60 Å². The lowest BCUT2D eigenvalue weighted by Gasteiger charge is -2.16. The Morgan fingerprint density at radius 2 is 2.09 bits per heavy atom. The number of aromatic nitrogens is 2. The summed E-state index contributed by atoms with van der Waals surface area (Å²) in [6.45, 7) is 5.97. The number of benzene rings is 1. The summed E-state index contributed by atoms with van der Waals surface area (Å²) in [6, 6.07) is 9.49. The van der Waals surface area contributed by atoms with E-state index in [9.17, 15) is 9.90 Å². The van der Waals surface area contributed by atoms with Crippen LogP contribution in [0.4, 0.5) is 0 Å². The SMILES string of the molecule is Cc1cc(CNC(=O)c2cccc(CCC(C)(C)O)c2)nn1C. The molecule has 0 saturated carbocycles. The van der Waals surface area contributed by atoms with Crippen LogP contribution in [0.3, 0.4) is 0 Å². The lowest BCUT2D eigenvalue weighted by Crippen LogP contribution is -2.23. The van der Waals surface area contributed by atoms with Gasteiger partial charge in [0.25, 0.3) is 5.91 Å². The molecule has 1 aromatic heterocycles. The molecule has 5 nitrogen and oxygen atoms in total. The molecule has 1 heterocycles. The number of hydrogen-bond donors (Lipinski definition) is 2. The standard InChI is InChI=1S/C18H25N3O2/c1-13-10-16(20-21(13)4)12-19-17(22)15-7-5-6-14(11-15)8-9-18(2,3)23/h5-7,10-11,23H,8-9,12H2,1-4H3,(H,19,22). The van der Waals surface area contributed by atoms with E-state index in [1.165, 1.54) is 0 Å². The van der Waals surface area contributed by atoms with Crippen LogP contribution in [0, 0.1) is 6.92 Å². The number of nitrogens with one attached hydrogen (secondary N) is 1. The van der Waals surface area contributed by atoms with Gasteiger partial charge in [0, 0.05) is 18.3 Å². The van der Waals surface area contributed by atoms with E-state index in [4.69, 9.17) is 0 Å². The van der Waals surface area contributed by atoms with Crippen molar-refractivity contribution in [3.8, 4) is 0 Å². The maximum absolute atomic E-state index is 12.3. The monoisotopic (exact) mass is 315 g/mol. The minimum Gasteiger partial charge on any atom is -0.390 e. The number of hydrogen-bond acceptors (Lipinski definition) is 3. The lowest BCUT2D eigenvalue weighted by atomic mass is 9.98. The van der Waals surface area contributed by atoms with E-state index >= 15 is 0 Å². The fourth-order valence-electron chi connectivity index (χ4n) is 2.31. The van der Waals surface area contributed by atoms with E-state index in [-0.39, 0.29) is 5.91 Å². The third kappa shape index (κ3) is 5.21. The molecule has 0 unspecified atom stereocenters. The minimum atomic E-state index is -0.699. The van der Waals surface area contributed by atoms with Gasteiger partial charge in [-0.3, -0.25) is 9.48 Å². The first-order valence-corrected chi connectivity index (χ1v) is 7.84. The van der Waals surface area contributed by atoms with Crippen molar-refractivity contribution in [3.05, 3.63) is 52.8 Å². The Hall–Kier alpha value is -2.14. The molecule has 0 aliphatic heterocycles. The number of carbonyl (C=O) groups excluding carboxylic acids is 1. The van der Waals surface area contributed by atoms with E-state index in [1.54, 1.807) is 24.6 Å². The van der Waals surface area contributed by atoms with Gasteiger partial charge in [0.05, 0.1) is 17.8 Å². The second-order valence-electron chi connectivity index (χ2n) is 6.60. The first-order valence-electron chi connectivity index (χ1n) is 7.84. The number of aliphatic hydroxyl groups is 1. The van der Waals surface area contributed by atoms with E-state index in [2.05, 4.69) is 10.4 Å². The molecular weight excluding hydrogens is 290 g/mol. The maximum atomic E-state index is 12.3. The molecule has 0 atom stereocenters. The molecular formula is C18H25N3O2. The highest BCUT2D eigenvalue weighted by molar-refractivity contribution is 5.94. The zero-order valence-corrected chi connectivity index (χ0v) is 14.3. The van der Waals surface area contributed by atoms with Crippen LogP contribution in [0.2, 0.25) is 0 Å². The second kappa shape index (κ2) is 6.96. The van der Waals surface area contributed by atoms with Crippen LogP contribution >= 0.6 is 0 Å². The van der Waals surface area contributed by atoms with Gasteiger partial charge >= 0.3 is 0 Å². The number of rotatable bonds is 6. The van der Waals surface area contributed by atoms with Crippen molar-refractivity contribution in [2.75, 3.05) is 0 Å². The van der Waals surface area contributed by atoms with Crippen LogP contribution in [0.1, 0.15) is 47.6 Å². The molecule has 124 valence electrons. The van der Waals surface area contributed by atoms with Gasteiger partial charge in [0.1, 0.15) is 0 Å². The zero-order chi connectivity index (χ0) is 17.0. The summed E-state index contributed by atoms with van der Waals surface area (Å²) >= 11 is 0. The van der Waals surface area contributed by atoms with Crippen molar-refractivity contribution < 1.29 is 9.90 Å². The summed E-state index contributed by atoms with van der Waals surface area (Å²) in [5, 5.41) is 17.0. The Labute approximate surface area is 137 Å². The van der Waals surface area contributed by atoms with Crippen molar-refractivity contribution in [2.45, 2.75) is 45.8 Å². The Morgan fingerprint density at radius 1 is 1.35 bits per heavy atom. The first kappa shape index (κ1) is 17.2. The summed E-state index contributed by atoms with van der Waals surface area (Å²) in [7, 11) is 1.88. The molecule has 0 bridgehead atoms. The van der Waals surface area contributed by atoms with Crippen molar-refractivity contribution in [1.29, 1.82) is 0 Å². The normalized spacial score (nSPS) is 11.5. The smallest absolute Gasteiger partial charge is 0.251 e. The van der Waals surface area contributed by atoms with Crippen molar-refractivity contribution >= 4 is 5.91 Å². The van der Waals surface area contributed by atoms with Gasteiger partial charge < -0.3 is 10.4 Å². The number of amides is 1. The van der Waals surface area contributed by atoms with Crippen LogP contribution in [-0.4, -0.2) is 26.4 Å². The van der Waals surface area contributed by atoms with Crippen LogP contribution in [-0.2, 0) is 20.0 Å². The molecule has 5 heteroatoms. The average molecular weight is 315 g/mol. The lowest BCUT2D eigenvalue weighted by molar-refractivity contribution is 0.0714. The molecule has 2 aromatic rings. The number of nitrogens with zero attached hydrogens (tertiary/aromatic N) is 2. The van der Waals surface area contributed by atoms with Crippen LogP contribution < -0.4 is 5.32 Å². The summed E-state index contributed by atoms with van der Waals surface area (Å²) < 4.78 is 1.79. The predicted molar refractivity (Wildman–Crippen MR) is 90.2 cm³/mol. The predicted octanol–water partition coefficient (Wildman–Crippen LogP) is 2.36. The first-order chi connectivity index (χ1) is 10.7. The van der Waals surface area contributed by atoms with Crippen LogP contribution in [0.5, 0.6) is 0 Å². The molecule has 0 aliphatic rings. The Kier molecular flexibility index (Phi) is 5.21. The highest BCUT2D eigenvalue weighted by Crippen LogP contribution is 2.14. The van der Waals surface area contributed by atoms with E-state index in [0.717, 1.165) is 23.4 Å². The zero-order valence-electron chi connectivity index (χ0n) is 14.3. The van der Waals surface area contributed by atoms with Gasteiger partial charge in [0.15, 0.2) is 0 Å². The van der Waals surface area contributed by atoms with Crippen molar-refractivity contribution in [3.63, 3.8) is 0 Å². The van der Waals surface area contributed by atoms with E-state index in [1.807, 2.05) is 38.2 Å². The van der Waals surface area contributed by atoms with Gasteiger partial charge in [-0.25, -0.2) is 0 Å². The van der Waals surface area contributed by atoms with Crippen molar-refractivity contribution in [1.82, 2.24) is 15.1 Å². The molecule has 0 spiro atoms. The summed E-state index contributed by atoms with van der Waals surface area (Å²) in [6.07, 6.45) is 1.40. The van der Waals surface area contributed by atoms with Gasteiger partial charge in [-0.05, 0) is 57.4 Å². The van der Waals surface area contributed by atoms with Gasteiger partial charge in [-0.1, -0.05) is 12.1 Å². The third-order valence-corrected chi connectivity index (χ3v) is 3.81. The molecule has 0 saturated heterocycles. The van der Waals surface area contributed by atoms with Gasteiger partial charge in [-0.2, -0.15) is 5.10 Å². The third-order valence-electron chi connectivity index (χ3n) is 3.81. The highest BCUT2D eigenvalue weighted by atomic mass is 16.3. The topological polar surface area (TPSA) is 67.2 Å². The summed E-state index contributed by atoms with van der Waals surface area (Å²) in [4.78, 5) is 12.3. The van der Waals surface area contributed by atoms with Crippen molar-refractivity contribution in [2.24, 2.45) is 7.05 Å². The van der Waals surface area contributed by atoms with E-state index in [0.29, 0.717) is 18.5 Å². The molecule has 23 heavy (non-hydrogen) atoms. The average Bonchev–Trinajstić information content (AvgIpc) is 2.81. The molecule has 0 aliphatic carbocycles. The quantitative estimate of drug-likeness (QED) is 0.860. The summed E-state index contributed by atoms with van der Waals surface area (Å²) in [5.74, 6) is -0.113. The largest absolute Gasteiger partial charge is 0.390 e. The fraction of sp³-hybridized carbons (Fsp3) is 0.444. The maximum Gasteiger partial charge on any atom is 0.251 e. The number of aryl methyl sites for hydroxylation is 3. The highest BCUT2D eigenvalue weighted by Gasteiger charge is 2.13. The molecule has 0 fully saturated rings. The molecule has 1 amide bonds. The van der Waals surface area contributed by atoms with Gasteiger partial charge in [0.2, 0.25) is 0 Å². The minimum absolute atomic E-state index is 0.113. The summed E-state index contributed by atoms with van der Waals surface area (Å²) in [5.41, 5.74) is 2.88. The molecule has 1 aromatic carbocycles. The Bertz CT molecular complexity index is 664.